The van der Waals surface area contributed by atoms with E-state index >= 15 is 0 Å². The van der Waals surface area contributed by atoms with E-state index in [9.17, 15) is 9.59 Å². The first-order valence-corrected chi connectivity index (χ1v) is 19.3. The van der Waals surface area contributed by atoms with E-state index in [1.807, 2.05) is 0 Å². The summed E-state index contributed by atoms with van der Waals surface area (Å²) in [6, 6.07) is 0. The lowest BCUT2D eigenvalue weighted by atomic mass is 9.49. The Morgan fingerprint density at radius 1 is 0.843 bits per heavy atom. The molecule has 0 aromatic carbocycles. The van der Waals surface area contributed by atoms with Crippen LogP contribution in [0.2, 0.25) is 0 Å². The molecule has 3 heterocycles. The summed E-state index contributed by atoms with van der Waals surface area (Å²) in [6.07, 6.45) is 21.8. The Hall–Kier alpha value is -3.59. The van der Waals surface area contributed by atoms with E-state index in [-0.39, 0.29) is 29.7 Å². The summed E-state index contributed by atoms with van der Waals surface area (Å²) in [7, 11) is 0. The average Bonchev–Trinajstić information content (AvgIpc) is 3.64. The van der Waals surface area contributed by atoms with Crippen LogP contribution >= 0.6 is 0 Å². The molecule has 11 rings (SSSR count). The summed E-state index contributed by atoms with van der Waals surface area (Å²) in [4.78, 5) is 39.4. The lowest BCUT2D eigenvalue weighted by Gasteiger charge is -2.57. The van der Waals surface area contributed by atoms with Crippen LogP contribution in [0.3, 0.4) is 0 Å². The lowest BCUT2D eigenvalue weighted by molar-refractivity contribution is -0.108. The predicted molar refractivity (Wildman–Crippen MR) is 185 cm³/mol. The van der Waals surface area contributed by atoms with Gasteiger partial charge < -0.3 is 29.4 Å². The molecule has 0 spiro atoms. The molecular weight excluding hydrogens is 650 g/mol. The molecule has 12 nitrogen and oxygen atoms in total. The third kappa shape index (κ3) is 6.21. The Morgan fingerprint density at radius 2 is 1.37 bits per heavy atom. The topological polar surface area (TPSA) is 150 Å². The second-order valence-corrected chi connectivity index (χ2v) is 17.7. The summed E-state index contributed by atoms with van der Waals surface area (Å²) in [6.45, 7) is 1.96. The molecule has 8 saturated carbocycles. The van der Waals surface area contributed by atoms with Gasteiger partial charge in [-0.2, -0.15) is 0 Å². The number of imidazole rings is 1. The minimum absolute atomic E-state index is 0.146. The summed E-state index contributed by atoms with van der Waals surface area (Å²) in [5, 5.41) is 0. The SMILES string of the molecule is C#C[C@]1(COC(=O)OCCC23CC4CC(CC(C4)C2)C3)O[C@@H](n2cnc3c(N)nc(C)nc32)C[C@@H]1OC(=O)OCCC12CC3CC(CC(C3)C1)C2. The van der Waals surface area contributed by atoms with Gasteiger partial charge in [-0.05, 0) is 143 Å². The number of ether oxygens (including phenoxy) is 5. The molecule has 2 aromatic rings. The number of anilines is 1. The highest BCUT2D eigenvalue weighted by molar-refractivity contribution is 5.81. The van der Waals surface area contributed by atoms with Crippen LogP contribution in [0.1, 0.15) is 108 Å². The molecule has 1 aliphatic heterocycles. The van der Waals surface area contributed by atoms with Crippen molar-refractivity contribution in [3.8, 4) is 12.3 Å². The van der Waals surface area contributed by atoms with Gasteiger partial charge in [0.05, 0.1) is 19.5 Å². The number of hydrogen-bond donors (Lipinski definition) is 1. The lowest BCUT2D eigenvalue weighted by Crippen LogP contribution is -2.47. The zero-order valence-corrected chi connectivity index (χ0v) is 29.7. The number of carbonyl (C=O) groups is 2. The van der Waals surface area contributed by atoms with Gasteiger partial charge in [0.1, 0.15) is 24.2 Å². The summed E-state index contributed by atoms with van der Waals surface area (Å²) in [5.74, 6) is 8.31. The maximum atomic E-state index is 13.3. The molecular formula is C39H51N5O7. The number of terminal acetylenes is 1. The third-order valence-electron chi connectivity index (χ3n) is 14.1. The van der Waals surface area contributed by atoms with Gasteiger partial charge in [0.25, 0.3) is 0 Å². The van der Waals surface area contributed by atoms with Gasteiger partial charge in [-0.15, -0.1) is 6.42 Å². The number of hydrogen-bond acceptors (Lipinski definition) is 11. The molecule has 0 radical (unpaired) electrons. The first kappa shape index (κ1) is 33.3. The number of rotatable bonds is 10. The highest BCUT2D eigenvalue weighted by atomic mass is 16.7. The highest BCUT2D eigenvalue weighted by Gasteiger charge is 2.54. The second-order valence-electron chi connectivity index (χ2n) is 17.7. The van der Waals surface area contributed by atoms with Crippen LogP contribution in [-0.4, -0.2) is 63.4 Å². The second kappa shape index (κ2) is 12.5. The molecule has 2 N–H and O–H groups in total. The first-order chi connectivity index (χ1) is 24.6. The fourth-order valence-corrected chi connectivity index (χ4v) is 12.9. The van der Waals surface area contributed by atoms with Gasteiger partial charge in [0.2, 0.25) is 5.60 Å². The normalized spacial score (nSPS) is 40.0. The molecule has 0 amide bonds. The Bertz CT molecular complexity index is 1660. The summed E-state index contributed by atoms with van der Waals surface area (Å²) in [5.41, 5.74) is 5.96. The van der Waals surface area contributed by atoms with Crippen molar-refractivity contribution < 1.29 is 33.3 Å². The van der Waals surface area contributed by atoms with E-state index < -0.39 is 30.2 Å². The number of carbonyl (C=O) groups excluding carboxylic acids is 2. The van der Waals surface area contributed by atoms with Crippen molar-refractivity contribution in [1.29, 1.82) is 0 Å². The predicted octanol–water partition coefficient (Wildman–Crippen LogP) is 6.90. The van der Waals surface area contributed by atoms with E-state index in [1.54, 1.807) is 17.8 Å². The van der Waals surface area contributed by atoms with Crippen molar-refractivity contribution in [3.05, 3.63) is 12.2 Å². The van der Waals surface area contributed by atoms with Gasteiger partial charge in [0.15, 0.2) is 17.6 Å². The maximum Gasteiger partial charge on any atom is 0.508 e. The number of aryl methyl sites for hydroxylation is 1. The molecule has 8 aliphatic carbocycles. The zero-order chi connectivity index (χ0) is 35.0. The monoisotopic (exact) mass is 701 g/mol. The molecule has 0 unspecified atom stereocenters. The van der Waals surface area contributed by atoms with Crippen LogP contribution in [0.4, 0.5) is 15.4 Å². The molecule has 2 aromatic heterocycles. The molecule has 274 valence electrons. The van der Waals surface area contributed by atoms with E-state index in [2.05, 4.69) is 20.9 Å². The number of fused-ring (bicyclic) bond motifs is 1. The largest absolute Gasteiger partial charge is 0.508 e. The summed E-state index contributed by atoms with van der Waals surface area (Å²) >= 11 is 0. The molecule has 1 saturated heterocycles. The van der Waals surface area contributed by atoms with Crippen LogP contribution in [-0.2, 0) is 23.7 Å². The third-order valence-corrected chi connectivity index (χ3v) is 14.1. The molecule has 9 aliphatic rings. The minimum Gasteiger partial charge on any atom is -0.434 e. The molecule has 9 fully saturated rings. The van der Waals surface area contributed by atoms with Crippen molar-refractivity contribution in [2.24, 2.45) is 46.3 Å². The van der Waals surface area contributed by atoms with Gasteiger partial charge in [0, 0.05) is 6.42 Å². The van der Waals surface area contributed by atoms with Crippen molar-refractivity contribution in [1.82, 2.24) is 19.5 Å². The van der Waals surface area contributed by atoms with Crippen molar-refractivity contribution in [2.75, 3.05) is 25.6 Å². The number of nitrogens with zero attached hydrogens (tertiary/aromatic N) is 4. The number of nitrogen functional groups attached to an aromatic ring is 1. The fraction of sp³-hybridized carbons (Fsp3) is 0.769. The zero-order valence-electron chi connectivity index (χ0n) is 29.7. The van der Waals surface area contributed by atoms with Crippen LogP contribution in [0.5, 0.6) is 0 Å². The standard InChI is InChI=1S/C39H51N5O7/c1-3-39(21-49-35(45)47-6-4-37-15-24-8-25(16-37)10-26(9-24)17-37)30(14-31(51-39)44-22-41-32-33(40)42-23(2)43-34(32)44)50-36(46)48-7-5-38-18-27-11-28(19-38)13-29(12-27)20-38/h1,22,24-31H,4-21H2,2H3,(H2,40,42,43)/t24?,25?,26?,27?,28?,29?,30-,31+,37?,38?,39+/m0/s1. The molecule has 8 bridgehead atoms. The Balaban J connectivity index is 0.857. The van der Waals surface area contributed by atoms with Crippen LogP contribution < -0.4 is 5.73 Å². The van der Waals surface area contributed by atoms with Gasteiger partial charge in [-0.3, -0.25) is 4.57 Å². The van der Waals surface area contributed by atoms with Crippen LogP contribution in [0, 0.1) is 65.6 Å². The maximum absolute atomic E-state index is 13.3. The summed E-state index contributed by atoms with van der Waals surface area (Å²) < 4.78 is 31.0. The molecule has 3 atom stereocenters. The number of nitrogens with two attached hydrogens (primary N) is 1. The van der Waals surface area contributed by atoms with Gasteiger partial charge >= 0.3 is 12.3 Å². The highest BCUT2D eigenvalue weighted by Crippen LogP contribution is 2.62. The molecule has 12 heteroatoms. The Kier molecular flexibility index (Phi) is 8.17. The quantitative estimate of drug-likeness (QED) is 0.204. The van der Waals surface area contributed by atoms with E-state index in [1.165, 1.54) is 77.0 Å². The Morgan fingerprint density at radius 3 is 1.90 bits per heavy atom. The molecule has 51 heavy (non-hydrogen) atoms. The average molecular weight is 702 g/mol. The Labute approximate surface area is 299 Å². The van der Waals surface area contributed by atoms with E-state index in [4.69, 9.17) is 35.8 Å². The van der Waals surface area contributed by atoms with E-state index in [0.717, 1.165) is 48.3 Å². The van der Waals surface area contributed by atoms with Crippen molar-refractivity contribution >= 4 is 29.3 Å². The van der Waals surface area contributed by atoms with Crippen LogP contribution in [0.15, 0.2) is 6.33 Å². The van der Waals surface area contributed by atoms with Gasteiger partial charge in [-0.1, -0.05) is 5.92 Å². The van der Waals surface area contributed by atoms with E-state index in [0.29, 0.717) is 30.2 Å². The van der Waals surface area contributed by atoms with Crippen LogP contribution in [0.25, 0.3) is 11.2 Å². The van der Waals surface area contributed by atoms with Crippen molar-refractivity contribution in [3.63, 3.8) is 0 Å². The van der Waals surface area contributed by atoms with Gasteiger partial charge in [-0.25, -0.2) is 24.5 Å². The number of aromatic nitrogens is 4. The fourth-order valence-electron chi connectivity index (χ4n) is 12.9. The first-order valence-electron chi connectivity index (χ1n) is 19.3. The smallest absolute Gasteiger partial charge is 0.434 e. The van der Waals surface area contributed by atoms with Crippen molar-refractivity contribution in [2.45, 2.75) is 121 Å². The minimum atomic E-state index is -1.60.